The Morgan fingerprint density at radius 2 is 2.05 bits per heavy atom. The van der Waals surface area contributed by atoms with E-state index in [-0.39, 0.29) is 12.2 Å². The highest BCUT2D eigenvalue weighted by atomic mass is 19.1. The van der Waals surface area contributed by atoms with Crippen LogP contribution in [0.5, 0.6) is 0 Å². The second kappa shape index (κ2) is 5.40. The number of nitriles is 1. The number of nitrogens with two attached hydrogens (primary N) is 1. The fourth-order valence-electron chi connectivity index (χ4n) is 1.80. The monoisotopic (exact) mass is 255 g/mol. The highest BCUT2D eigenvalue weighted by Gasteiger charge is 2.05. The van der Waals surface area contributed by atoms with Crippen LogP contribution in [0.3, 0.4) is 0 Å². The number of nitrogen functional groups attached to an aromatic ring is 1. The molecule has 0 atom stereocenters. The van der Waals surface area contributed by atoms with Crippen LogP contribution < -0.4 is 11.1 Å². The van der Waals surface area contributed by atoms with Gasteiger partial charge in [-0.05, 0) is 48.4 Å². The molecule has 2 aromatic carbocycles. The predicted molar refractivity (Wildman–Crippen MR) is 74.6 cm³/mol. The van der Waals surface area contributed by atoms with Crippen LogP contribution >= 0.6 is 0 Å². The number of benzene rings is 2. The van der Waals surface area contributed by atoms with Crippen molar-refractivity contribution in [2.45, 2.75) is 13.3 Å². The van der Waals surface area contributed by atoms with E-state index in [1.54, 1.807) is 24.3 Å². The van der Waals surface area contributed by atoms with Gasteiger partial charge in [0, 0.05) is 11.4 Å². The van der Waals surface area contributed by atoms with E-state index in [2.05, 4.69) is 11.4 Å². The Labute approximate surface area is 111 Å². The molecule has 19 heavy (non-hydrogen) atoms. The number of nitrogens with zero attached hydrogens (tertiary/aromatic N) is 1. The molecule has 96 valence electrons. The maximum atomic E-state index is 13.7. The molecule has 4 heteroatoms. The minimum absolute atomic E-state index is 0.234. The minimum atomic E-state index is -0.307. The highest BCUT2D eigenvalue weighted by Crippen LogP contribution is 2.24. The van der Waals surface area contributed by atoms with Gasteiger partial charge in [-0.1, -0.05) is 6.07 Å². The fraction of sp³-hybridized carbons (Fsp3) is 0.133. The molecule has 0 aliphatic carbocycles. The van der Waals surface area contributed by atoms with Crippen LogP contribution in [0.25, 0.3) is 0 Å². The standard InChI is InChI=1S/C15H14FN3/c1-10-2-5-15(13(16)8-10)19-12-3-4-14(18)11(9-12)6-7-17/h2-5,8-9,19H,6,18H2,1H3. The molecule has 0 radical (unpaired) electrons. The summed E-state index contributed by atoms with van der Waals surface area (Å²) in [4.78, 5) is 0. The number of anilines is 3. The van der Waals surface area contributed by atoms with Crippen molar-refractivity contribution in [2.24, 2.45) is 0 Å². The first-order valence-corrected chi connectivity index (χ1v) is 5.88. The molecule has 0 amide bonds. The minimum Gasteiger partial charge on any atom is -0.398 e. The van der Waals surface area contributed by atoms with Crippen molar-refractivity contribution >= 4 is 17.1 Å². The van der Waals surface area contributed by atoms with E-state index in [9.17, 15) is 4.39 Å². The van der Waals surface area contributed by atoms with Gasteiger partial charge in [-0.3, -0.25) is 0 Å². The van der Waals surface area contributed by atoms with E-state index in [0.29, 0.717) is 17.1 Å². The maximum absolute atomic E-state index is 13.7. The van der Waals surface area contributed by atoms with Crippen LogP contribution in [-0.4, -0.2) is 0 Å². The third-order valence-corrected chi connectivity index (χ3v) is 2.82. The van der Waals surface area contributed by atoms with E-state index < -0.39 is 0 Å². The van der Waals surface area contributed by atoms with Gasteiger partial charge < -0.3 is 11.1 Å². The van der Waals surface area contributed by atoms with Gasteiger partial charge in [0.05, 0.1) is 18.2 Å². The number of aryl methyl sites for hydroxylation is 1. The van der Waals surface area contributed by atoms with Crippen LogP contribution in [-0.2, 0) is 6.42 Å². The second-order valence-electron chi connectivity index (χ2n) is 4.36. The molecule has 3 N–H and O–H groups in total. The van der Waals surface area contributed by atoms with Crippen molar-refractivity contribution in [1.29, 1.82) is 5.26 Å². The van der Waals surface area contributed by atoms with Gasteiger partial charge in [-0.25, -0.2) is 4.39 Å². The molecule has 0 spiro atoms. The summed E-state index contributed by atoms with van der Waals surface area (Å²) in [6.07, 6.45) is 0.234. The van der Waals surface area contributed by atoms with Gasteiger partial charge in [0.15, 0.2) is 0 Å². The predicted octanol–water partition coefficient (Wildman–Crippen LogP) is 3.53. The van der Waals surface area contributed by atoms with Crippen molar-refractivity contribution in [3.05, 3.63) is 53.3 Å². The SMILES string of the molecule is Cc1ccc(Nc2ccc(N)c(CC#N)c2)c(F)c1. The zero-order valence-corrected chi connectivity index (χ0v) is 10.6. The number of hydrogen-bond acceptors (Lipinski definition) is 3. The van der Waals surface area contributed by atoms with E-state index >= 15 is 0 Å². The number of nitrogens with one attached hydrogen (secondary N) is 1. The van der Waals surface area contributed by atoms with Crippen molar-refractivity contribution < 1.29 is 4.39 Å². The van der Waals surface area contributed by atoms with Gasteiger partial charge in [0.1, 0.15) is 5.82 Å². The molecule has 2 rings (SSSR count). The van der Waals surface area contributed by atoms with Crippen molar-refractivity contribution in [1.82, 2.24) is 0 Å². The molecule has 0 aromatic heterocycles. The van der Waals surface area contributed by atoms with Gasteiger partial charge >= 0.3 is 0 Å². The van der Waals surface area contributed by atoms with Crippen molar-refractivity contribution in [2.75, 3.05) is 11.1 Å². The third-order valence-electron chi connectivity index (χ3n) is 2.82. The smallest absolute Gasteiger partial charge is 0.146 e. The van der Waals surface area contributed by atoms with E-state index in [4.69, 9.17) is 11.0 Å². The lowest BCUT2D eigenvalue weighted by molar-refractivity contribution is 0.631. The van der Waals surface area contributed by atoms with Gasteiger partial charge in [-0.2, -0.15) is 5.26 Å². The molecular weight excluding hydrogens is 241 g/mol. The van der Waals surface area contributed by atoms with Crippen LogP contribution in [0.15, 0.2) is 36.4 Å². The first-order valence-electron chi connectivity index (χ1n) is 5.88. The second-order valence-corrected chi connectivity index (χ2v) is 4.36. The fourth-order valence-corrected chi connectivity index (χ4v) is 1.80. The Bertz CT molecular complexity index is 644. The van der Waals surface area contributed by atoms with Crippen LogP contribution in [0.1, 0.15) is 11.1 Å². The Morgan fingerprint density at radius 3 is 2.74 bits per heavy atom. The summed E-state index contributed by atoms with van der Waals surface area (Å²) >= 11 is 0. The topological polar surface area (TPSA) is 61.8 Å². The molecule has 2 aromatic rings. The van der Waals surface area contributed by atoms with Crippen LogP contribution in [0, 0.1) is 24.1 Å². The lowest BCUT2D eigenvalue weighted by Crippen LogP contribution is -1.98. The van der Waals surface area contributed by atoms with Crippen LogP contribution in [0.2, 0.25) is 0 Å². The maximum Gasteiger partial charge on any atom is 0.146 e. The average Bonchev–Trinajstić information content (AvgIpc) is 2.37. The Kier molecular flexibility index (Phi) is 3.67. The molecule has 0 saturated heterocycles. The molecule has 0 aliphatic heterocycles. The third kappa shape index (κ3) is 3.02. The van der Waals surface area contributed by atoms with Crippen molar-refractivity contribution in [3.63, 3.8) is 0 Å². The van der Waals surface area contributed by atoms with E-state index in [0.717, 1.165) is 11.1 Å². The molecule has 0 heterocycles. The van der Waals surface area contributed by atoms with Gasteiger partial charge in [0.2, 0.25) is 0 Å². The molecule has 0 fully saturated rings. The van der Waals surface area contributed by atoms with Crippen LogP contribution in [0.4, 0.5) is 21.5 Å². The molecular formula is C15H14FN3. The first-order chi connectivity index (χ1) is 9.10. The normalized spacial score (nSPS) is 9.95. The molecule has 3 nitrogen and oxygen atoms in total. The van der Waals surface area contributed by atoms with Crippen molar-refractivity contribution in [3.8, 4) is 6.07 Å². The van der Waals surface area contributed by atoms with E-state index in [1.165, 1.54) is 6.07 Å². The average molecular weight is 255 g/mol. The summed E-state index contributed by atoms with van der Waals surface area (Å²) in [7, 11) is 0. The summed E-state index contributed by atoms with van der Waals surface area (Å²) in [6, 6.07) is 12.3. The highest BCUT2D eigenvalue weighted by molar-refractivity contribution is 5.65. The summed E-state index contributed by atoms with van der Waals surface area (Å²) in [5.41, 5.74) is 9.05. The molecule has 0 unspecified atom stereocenters. The van der Waals surface area contributed by atoms with Gasteiger partial charge in [-0.15, -0.1) is 0 Å². The summed E-state index contributed by atoms with van der Waals surface area (Å²) < 4.78 is 13.7. The summed E-state index contributed by atoms with van der Waals surface area (Å²) in [5, 5.41) is 11.7. The Morgan fingerprint density at radius 1 is 1.26 bits per heavy atom. The lowest BCUT2D eigenvalue weighted by Gasteiger charge is -2.10. The van der Waals surface area contributed by atoms with Gasteiger partial charge in [0.25, 0.3) is 0 Å². The zero-order chi connectivity index (χ0) is 13.8. The molecule has 0 saturated carbocycles. The number of hydrogen-bond donors (Lipinski definition) is 2. The quantitative estimate of drug-likeness (QED) is 0.825. The zero-order valence-electron chi connectivity index (χ0n) is 10.6. The first kappa shape index (κ1) is 12.9. The Balaban J connectivity index is 2.28. The Hall–Kier alpha value is -2.54. The summed E-state index contributed by atoms with van der Waals surface area (Å²) in [6.45, 7) is 1.83. The number of halogens is 1. The summed E-state index contributed by atoms with van der Waals surface area (Å²) in [5.74, 6) is -0.307. The molecule has 0 bridgehead atoms. The molecule has 0 aliphatic rings. The largest absolute Gasteiger partial charge is 0.398 e. The lowest BCUT2D eigenvalue weighted by atomic mass is 10.1. The number of rotatable bonds is 3. The van der Waals surface area contributed by atoms with E-state index in [1.807, 2.05) is 13.0 Å².